The molecule has 1 aromatic heterocycles. The highest BCUT2D eigenvalue weighted by Crippen LogP contribution is 2.20. The minimum atomic E-state index is -3.57. The number of anilines is 1. The van der Waals surface area contributed by atoms with Crippen molar-refractivity contribution in [1.82, 2.24) is 9.29 Å². The molecule has 0 bridgehead atoms. The van der Waals surface area contributed by atoms with Crippen LogP contribution in [-0.2, 0) is 21.4 Å². The van der Waals surface area contributed by atoms with Gasteiger partial charge in [0.05, 0.1) is 12.1 Å². The van der Waals surface area contributed by atoms with Crippen molar-refractivity contribution in [1.29, 1.82) is 0 Å². The monoisotopic (exact) mass is 305 g/mol. The molecule has 0 radical (unpaired) electrons. The zero-order chi connectivity index (χ0) is 13.9. The summed E-state index contributed by atoms with van der Waals surface area (Å²) in [5, 5.41) is 10.4. The lowest BCUT2D eigenvalue weighted by atomic mass is 10.2. The lowest BCUT2D eigenvalue weighted by Crippen LogP contribution is -2.39. The Kier molecular flexibility index (Phi) is 4.38. The topological polar surface area (TPSA) is 99.6 Å². The normalized spacial score (nSPS) is 17.3. The summed E-state index contributed by atoms with van der Waals surface area (Å²) in [6, 6.07) is 0. The number of carboxylic acids is 1. The number of carbonyl (C=O) groups is 1. The molecule has 0 unspecified atom stereocenters. The Balaban J connectivity index is 2.03. The summed E-state index contributed by atoms with van der Waals surface area (Å²) in [5.41, 5.74) is 0.355. The van der Waals surface area contributed by atoms with Crippen molar-refractivity contribution in [2.45, 2.75) is 25.7 Å². The van der Waals surface area contributed by atoms with Gasteiger partial charge < -0.3 is 5.11 Å². The van der Waals surface area contributed by atoms with Crippen LogP contribution in [0.4, 0.5) is 5.13 Å². The number of thiazole rings is 1. The largest absolute Gasteiger partial charge is 0.481 e. The van der Waals surface area contributed by atoms with Gasteiger partial charge in [0.1, 0.15) is 0 Å². The summed E-state index contributed by atoms with van der Waals surface area (Å²) < 4.78 is 27.9. The number of nitrogens with one attached hydrogen (secondary N) is 1. The first-order valence-corrected chi connectivity index (χ1v) is 8.23. The highest BCUT2D eigenvalue weighted by atomic mass is 32.2. The quantitative estimate of drug-likeness (QED) is 0.842. The molecule has 9 heteroatoms. The number of piperidine rings is 1. The van der Waals surface area contributed by atoms with E-state index in [0.29, 0.717) is 18.8 Å². The van der Waals surface area contributed by atoms with Crippen molar-refractivity contribution < 1.29 is 18.3 Å². The zero-order valence-corrected chi connectivity index (χ0v) is 11.8. The van der Waals surface area contributed by atoms with Gasteiger partial charge in [-0.1, -0.05) is 6.42 Å². The van der Waals surface area contributed by atoms with E-state index in [1.165, 1.54) is 4.31 Å². The van der Waals surface area contributed by atoms with Crippen LogP contribution in [0, 0.1) is 0 Å². The fraction of sp³-hybridized carbons (Fsp3) is 0.600. The molecule has 0 spiro atoms. The molecule has 1 aliphatic heterocycles. The Morgan fingerprint density at radius 3 is 2.74 bits per heavy atom. The number of hydrogen-bond donors (Lipinski definition) is 2. The highest BCUT2D eigenvalue weighted by molar-refractivity contribution is 7.90. The summed E-state index contributed by atoms with van der Waals surface area (Å²) in [6.45, 7) is 1.03. The predicted octanol–water partition coefficient (Wildman–Crippen LogP) is 0.913. The van der Waals surface area contributed by atoms with Crippen LogP contribution in [0.2, 0.25) is 0 Å². The van der Waals surface area contributed by atoms with Gasteiger partial charge in [0.25, 0.3) is 0 Å². The summed E-state index contributed by atoms with van der Waals surface area (Å²) in [7, 11) is -3.57. The molecule has 106 valence electrons. The van der Waals surface area contributed by atoms with E-state index >= 15 is 0 Å². The van der Waals surface area contributed by atoms with Crippen molar-refractivity contribution in [3.05, 3.63) is 11.1 Å². The van der Waals surface area contributed by atoms with E-state index in [4.69, 9.17) is 5.11 Å². The molecular weight excluding hydrogens is 290 g/mol. The first-order valence-electron chi connectivity index (χ1n) is 5.91. The average molecular weight is 305 g/mol. The van der Waals surface area contributed by atoms with E-state index in [1.54, 1.807) is 5.38 Å². The van der Waals surface area contributed by atoms with Crippen LogP contribution >= 0.6 is 11.3 Å². The van der Waals surface area contributed by atoms with Gasteiger partial charge in [-0.2, -0.15) is 12.7 Å². The van der Waals surface area contributed by atoms with Crippen LogP contribution in [0.5, 0.6) is 0 Å². The average Bonchev–Trinajstić information content (AvgIpc) is 2.76. The Bertz CT molecular complexity index is 549. The summed E-state index contributed by atoms with van der Waals surface area (Å²) in [4.78, 5) is 14.5. The molecule has 0 aromatic carbocycles. The predicted molar refractivity (Wildman–Crippen MR) is 71.4 cm³/mol. The minimum absolute atomic E-state index is 0.206. The summed E-state index contributed by atoms with van der Waals surface area (Å²) >= 11 is 1.09. The van der Waals surface area contributed by atoms with Gasteiger partial charge >= 0.3 is 16.2 Å². The fourth-order valence-corrected chi connectivity index (χ4v) is 4.07. The second kappa shape index (κ2) is 5.85. The second-order valence-corrected chi connectivity index (χ2v) is 6.81. The third-order valence-electron chi connectivity index (χ3n) is 2.76. The van der Waals surface area contributed by atoms with Crippen LogP contribution in [0.25, 0.3) is 0 Å². The van der Waals surface area contributed by atoms with E-state index in [2.05, 4.69) is 9.71 Å². The van der Waals surface area contributed by atoms with Gasteiger partial charge in [0, 0.05) is 18.5 Å². The molecule has 0 atom stereocenters. The van der Waals surface area contributed by atoms with Gasteiger partial charge in [0.2, 0.25) is 0 Å². The van der Waals surface area contributed by atoms with Crippen molar-refractivity contribution in [3.8, 4) is 0 Å². The number of aliphatic carboxylic acids is 1. The smallest absolute Gasteiger partial charge is 0.309 e. The molecule has 2 heterocycles. The summed E-state index contributed by atoms with van der Waals surface area (Å²) in [5.74, 6) is -0.990. The third-order valence-corrected chi connectivity index (χ3v) is 5.19. The molecule has 1 fully saturated rings. The first kappa shape index (κ1) is 14.2. The number of aromatic nitrogens is 1. The van der Waals surface area contributed by atoms with Gasteiger partial charge in [-0.05, 0) is 12.8 Å². The standard InChI is InChI=1S/C10H15N3O4S2/c14-9(15)6-8-7-18-10(11-8)12-19(16,17)13-4-2-1-3-5-13/h7H,1-6H2,(H,11,12)(H,14,15). The van der Waals surface area contributed by atoms with Crippen LogP contribution < -0.4 is 4.72 Å². The fourth-order valence-electron chi connectivity index (χ4n) is 1.87. The maximum Gasteiger partial charge on any atom is 0.309 e. The number of rotatable bonds is 5. The van der Waals surface area contributed by atoms with Crippen LogP contribution in [-0.4, -0.2) is 41.9 Å². The van der Waals surface area contributed by atoms with E-state index in [1.807, 2.05) is 0 Å². The zero-order valence-electron chi connectivity index (χ0n) is 10.2. The lowest BCUT2D eigenvalue weighted by Gasteiger charge is -2.25. The molecule has 19 heavy (non-hydrogen) atoms. The molecule has 0 amide bonds. The van der Waals surface area contributed by atoms with E-state index < -0.39 is 16.2 Å². The summed E-state index contributed by atoms with van der Waals surface area (Å²) in [6.07, 6.45) is 2.57. The van der Waals surface area contributed by atoms with Crippen LogP contribution in [0.3, 0.4) is 0 Å². The van der Waals surface area contributed by atoms with E-state index in [0.717, 1.165) is 30.6 Å². The highest BCUT2D eigenvalue weighted by Gasteiger charge is 2.24. The molecule has 0 aliphatic carbocycles. The second-order valence-electron chi connectivity index (χ2n) is 4.28. The van der Waals surface area contributed by atoms with Crippen molar-refractivity contribution in [3.63, 3.8) is 0 Å². The van der Waals surface area contributed by atoms with Gasteiger partial charge in [-0.25, -0.2) is 9.71 Å². The van der Waals surface area contributed by atoms with Gasteiger partial charge in [-0.15, -0.1) is 11.3 Å². The number of hydrogen-bond acceptors (Lipinski definition) is 5. The Hall–Kier alpha value is -1.19. The maximum atomic E-state index is 12.1. The van der Waals surface area contributed by atoms with Gasteiger partial charge in [-0.3, -0.25) is 4.79 Å². The SMILES string of the molecule is O=C(O)Cc1csc(NS(=O)(=O)N2CCCCC2)n1. The number of carboxylic acid groups (broad SMARTS) is 1. The molecule has 7 nitrogen and oxygen atoms in total. The Labute approximate surface area is 115 Å². The van der Waals surface area contributed by atoms with Crippen LogP contribution in [0.1, 0.15) is 25.0 Å². The van der Waals surface area contributed by atoms with Crippen molar-refractivity contribution >= 4 is 32.6 Å². The van der Waals surface area contributed by atoms with E-state index in [-0.39, 0.29) is 11.6 Å². The molecule has 1 saturated heterocycles. The van der Waals surface area contributed by atoms with Crippen molar-refractivity contribution in [2.75, 3.05) is 17.8 Å². The molecule has 2 rings (SSSR count). The Morgan fingerprint density at radius 1 is 1.42 bits per heavy atom. The molecular formula is C10H15N3O4S2. The van der Waals surface area contributed by atoms with Crippen molar-refractivity contribution in [2.24, 2.45) is 0 Å². The molecule has 1 aliphatic rings. The maximum absolute atomic E-state index is 12.1. The van der Waals surface area contributed by atoms with Gasteiger partial charge in [0.15, 0.2) is 5.13 Å². The Morgan fingerprint density at radius 2 is 2.11 bits per heavy atom. The minimum Gasteiger partial charge on any atom is -0.481 e. The number of nitrogens with zero attached hydrogens (tertiary/aromatic N) is 2. The molecule has 2 N–H and O–H groups in total. The first-order chi connectivity index (χ1) is 8.97. The van der Waals surface area contributed by atoms with Crippen LogP contribution in [0.15, 0.2) is 5.38 Å². The molecule has 0 saturated carbocycles. The van der Waals surface area contributed by atoms with E-state index in [9.17, 15) is 13.2 Å². The lowest BCUT2D eigenvalue weighted by molar-refractivity contribution is -0.136. The third kappa shape index (κ3) is 3.88. The molecule has 1 aromatic rings.